The number of aromatic nitrogens is 1. The summed E-state index contributed by atoms with van der Waals surface area (Å²) in [7, 11) is 0. The maximum absolute atomic E-state index is 13.3. The Morgan fingerprint density at radius 2 is 1.89 bits per heavy atom. The Morgan fingerprint density at radius 1 is 1.11 bits per heavy atom. The third kappa shape index (κ3) is 3.69. The summed E-state index contributed by atoms with van der Waals surface area (Å²) >= 11 is 9.99. The lowest BCUT2D eigenvalue weighted by molar-refractivity contribution is 0.0979. The number of carbonyl (C=O) groups is 1. The molecule has 0 fully saturated rings. The van der Waals surface area contributed by atoms with E-state index in [1.165, 1.54) is 23.5 Å². The first-order valence-corrected chi connectivity index (χ1v) is 9.89. The Morgan fingerprint density at radius 3 is 2.74 bits per heavy atom. The highest BCUT2D eigenvalue weighted by molar-refractivity contribution is 9.10. The number of nitrogens with zero attached hydrogens (tertiary/aromatic N) is 1. The van der Waals surface area contributed by atoms with Gasteiger partial charge in [-0.1, -0.05) is 51.5 Å². The van der Waals surface area contributed by atoms with E-state index in [9.17, 15) is 9.18 Å². The second-order valence-corrected chi connectivity index (χ2v) is 7.97. The molecule has 0 saturated heterocycles. The van der Waals surface area contributed by atoms with Crippen molar-refractivity contribution in [2.45, 2.75) is 0 Å². The number of rotatable bonds is 2. The van der Waals surface area contributed by atoms with Gasteiger partial charge in [-0.05, 0) is 53.3 Å². The van der Waals surface area contributed by atoms with Crippen LogP contribution in [0.5, 0.6) is 0 Å². The first-order valence-electron chi connectivity index (χ1n) is 7.87. The van der Waals surface area contributed by atoms with Crippen LogP contribution in [0.1, 0.15) is 10.4 Å². The number of carbonyl (C=O) groups excluding carboxylic acids is 1. The number of halogens is 2. The maximum atomic E-state index is 13.3. The Hall–Kier alpha value is -2.42. The second kappa shape index (κ2) is 7.30. The fourth-order valence-electron chi connectivity index (χ4n) is 2.72. The van der Waals surface area contributed by atoms with E-state index in [4.69, 9.17) is 12.2 Å². The van der Waals surface area contributed by atoms with Crippen molar-refractivity contribution in [1.29, 1.82) is 0 Å². The van der Waals surface area contributed by atoms with Crippen molar-refractivity contribution in [1.82, 2.24) is 10.3 Å². The zero-order valence-corrected chi connectivity index (χ0v) is 16.8. The van der Waals surface area contributed by atoms with Gasteiger partial charge in [0.2, 0.25) is 0 Å². The number of amides is 1. The van der Waals surface area contributed by atoms with E-state index in [0.29, 0.717) is 20.9 Å². The largest absolute Gasteiger partial charge is 0.308 e. The van der Waals surface area contributed by atoms with Gasteiger partial charge in [-0.2, -0.15) is 0 Å². The molecule has 0 bridgehead atoms. The molecule has 2 N–H and O–H groups in total. The molecule has 0 atom stereocenters. The normalized spacial score (nSPS) is 10.9. The molecule has 4 nitrogen and oxygen atoms in total. The SMILES string of the molecule is O=C(NC(=S)Nc1nc2ccc(F)cc2s1)c1cccc2c(Br)cccc12. The van der Waals surface area contributed by atoms with Crippen LogP contribution < -0.4 is 10.6 Å². The van der Waals surface area contributed by atoms with Gasteiger partial charge in [-0.15, -0.1) is 0 Å². The van der Waals surface area contributed by atoms with Crippen LogP contribution in [-0.2, 0) is 0 Å². The molecule has 0 aliphatic rings. The minimum atomic E-state index is -0.323. The monoisotopic (exact) mass is 459 g/mol. The number of nitrogens with one attached hydrogen (secondary N) is 2. The molecule has 1 heterocycles. The van der Waals surface area contributed by atoms with E-state index in [-0.39, 0.29) is 16.8 Å². The van der Waals surface area contributed by atoms with Crippen molar-refractivity contribution in [3.8, 4) is 0 Å². The zero-order valence-electron chi connectivity index (χ0n) is 13.6. The summed E-state index contributed by atoms with van der Waals surface area (Å²) in [4.78, 5) is 17.0. The molecule has 0 unspecified atom stereocenters. The van der Waals surface area contributed by atoms with Crippen LogP contribution in [0.15, 0.2) is 59.1 Å². The van der Waals surface area contributed by atoms with Crippen molar-refractivity contribution in [3.63, 3.8) is 0 Å². The molecule has 27 heavy (non-hydrogen) atoms. The van der Waals surface area contributed by atoms with Gasteiger partial charge in [0, 0.05) is 10.0 Å². The molecule has 0 radical (unpaired) electrons. The van der Waals surface area contributed by atoms with E-state index in [0.717, 1.165) is 15.2 Å². The number of thiazole rings is 1. The van der Waals surface area contributed by atoms with E-state index >= 15 is 0 Å². The van der Waals surface area contributed by atoms with Gasteiger partial charge < -0.3 is 5.32 Å². The van der Waals surface area contributed by atoms with E-state index in [1.807, 2.05) is 30.3 Å². The van der Waals surface area contributed by atoms with Crippen molar-refractivity contribution in [2.24, 2.45) is 0 Å². The molecule has 0 aliphatic heterocycles. The number of anilines is 1. The van der Waals surface area contributed by atoms with Crippen LogP contribution in [0, 0.1) is 5.82 Å². The fourth-order valence-corrected chi connectivity index (χ4v) is 4.37. The van der Waals surface area contributed by atoms with E-state index in [1.54, 1.807) is 12.1 Å². The zero-order chi connectivity index (χ0) is 19.0. The maximum Gasteiger partial charge on any atom is 0.258 e. The summed E-state index contributed by atoms with van der Waals surface area (Å²) in [5.74, 6) is -0.640. The van der Waals surface area contributed by atoms with Crippen molar-refractivity contribution in [2.75, 3.05) is 5.32 Å². The average Bonchev–Trinajstić information content (AvgIpc) is 3.02. The van der Waals surface area contributed by atoms with Crippen LogP contribution in [-0.4, -0.2) is 16.0 Å². The van der Waals surface area contributed by atoms with Crippen molar-refractivity contribution >= 4 is 76.6 Å². The Balaban J connectivity index is 1.54. The van der Waals surface area contributed by atoms with Gasteiger partial charge >= 0.3 is 0 Å². The molecule has 0 aliphatic carbocycles. The van der Waals surface area contributed by atoms with E-state index < -0.39 is 0 Å². The average molecular weight is 460 g/mol. The Labute approximate surface area is 171 Å². The van der Waals surface area contributed by atoms with Gasteiger partial charge in [0.25, 0.3) is 5.91 Å². The topological polar surface area (TPSA) is 54.0 Å². The van der Waals surface area contributed by atoms with Gasteiger partial charge in [-0.3, -0.25) is 10.1 Å². The molecule has 8 heteroatoms. The molecule has 0 spiro atoms. The highest BCUT2D eigenvalue weighted by Gasteiger charge is 2.13. The molecule has 1 aromatic heterocycles. The van der Waals surface area contributed by atoms with Gasteiger partial charge in [0.05, 0.1) is 10.2 Å². The molecule has 4 rings (SSSR count). The molecular formula is C19H11BrFN3OS2. The summed E-state index contributed by atoms with van der Waals surface area (Å²) < 4.78 is 14.9. The lowest BCUT2D eigenvalue weighted by atomic mass is 10.0. The first kappa shape index (κ1) is 18.0. The number of fused-ring (bicyclic) bond motifs is 2. The minimum Gasteiger partial charge on any atom is -0.308 e. The van der Waals surface area contributed by atoms with Crippen molar-refractivity contribution < 1.29 is 9.18 Å². The van der Waals surface area contributed by atoms with Crippen LogP contribution >= 0.6 is 39.5 Å². The lowest BCUT2D eigenvalue weighted by Gasteiger charge is -2.10. The van der Waals surface area contributed by atoms with Crippen LogP contribution in [0.25, 0.3) is 21.0 Å². The lowest BCUT2D eigenvalue weighted by Crippen LogP contribution is -2.34. The predicted octanol–water partition coefficient (Wildman–Crippen LogP) is 5.48. The van der Waals surface area contributed by atoms with Gasteiger partial charge in [-0.25, -0.2) is 9.37 Å². The van der Waals surface area contributed by atoms with E-state index in [2.05, 4.69) is 31.5 Å². The molecule has 134 valence electrons. The van der Waals surface area contributed by atoms with Crippen molar-refractivity contribution in [3.05, 3.63) is 70.5 Å². The molecule has 1 amide bonds. The summed E-state index contributed by atoms with van der Waals surface area (Å²) in [6.07, 6.45) is 0. The highest BCUT2D eigenvalue weighted by atomic mass is 79.9. The summed E-state index contributed by atoms with van der Waals surface area (Å²) in [5, 5.41) is 7.94. The Kier molecular flexibility index (Phi) is 4.86. The first-order chi connectivity index (χ1) is 13.0. The molecule has 3 aromatic carbocycles. The molecule has 0 saturated carbocycles. The van der Waals surface area contributed by atoms with Crippen LogP contribution in [0.4, 0.5) is 9.52 Å². The van der Waals surface area contributed by atoms with Gasteiger partial charge in [0.1, 0.15) is 5.82 Å². The third-order valence-corrected chi connectivity index (χ3v) is 5.74. The third-order valence-electron chi connectivity index (χ3n) is 3.91. The molecule has 4 aromatic rings. The summed E-state index contributed by atoms with van der Waals surface area (Å²) in [5.41, 5.74) is 1.18. The predicted molar refractivity (Wildman–Crippen MR) is 115 cm³/mol. The standard InChI is InChI=1S/C19H11BrFN3OS2/c20-14-6-2-3-11-12(14)4-1-5-13(11)17(25)23-18(26)24-19-22-15-8-7-10(21)9-16(15)27-19/h1-9H,(H2,22,23,24,25,26). The van der Waals surface area contributed by atoms with Crippen LogP contribution in [0.3, 0.4) is 0 Å². The van der Waals surface area contributed by atoms with Gasteiger partial charge in [0.15, 0.2) is 10.2 Å². The fraction of sp³-hybridized carbons (Fsp3) is 0. The number of hydrogen-bond donors (Lipinski definition) is 2. The quantitative estimate of drug-likeness (QED) is 0.389. The smallest absolute Gasteiger partial charge is 0.258 e. The highest BCUT2D eigenvalue weighted by Crippen LogP contribution is 2.27. The summed E-state index contributed by atoms with van der Waals surface area (Å²) in [6.45, 7) is 0. The minimum absolute atomic E-state index is 0.131. The molecular weight excluding hydrogens is 449 g/mol. The second-order valence-electron chi connectivity index (χ2n) is 5.68. The Bertz CT molecular complexity index is 1210. The number of hydrogen-bond acceptors (Lipinski definition) is 4. The van der Waals surface area contributed by atoms with Crippen LogP contribution in [0.2, 0.25) is 0 Å². The number of benzene rings is 3. The number of thiocarbonyl (C=S) groups is 1. The summed E-state index contributed by atoms with van der Waals surface area (Å²) in [6, 6.07) is 15.5.